The Balaban J connectivity index is 1.94. The molecule has 0 aromatic rings. The number of carbonyl (C=O) groups excluding carboxylic acids is 2. The molecule has 0 spiro atoms. The fourth-order valence-corrected chi connectivity index (χ4v) is 8.44. The Morgan fingerprint density at radius 3 is 1.86 bits per heavy atom. The summed E-state index contributed by atoms with van der Waals surface area (Å²) in [5.41, 5.74) is 6.07. The summed E-state index contributed by atoms with van der Waals surface area (Å²) in [6.07, 6.45) is 3.19. The van der Waals surface area contributed by atoms with Gasteiger partial charge >= 0.3 is 5.97 Å². The third-order valence-corrected chi connectivity index (χ3v) is 12.8. The van der Waals surface area contributed by atoms with Gasteiger partial charge in [0.1, 0.15) is 12.2 Å². The zero-order chi connectivity index (χ0) is 52.1. The number of allylic oxidation sites excluding steroid dienone is 12. The van der Waals surface area contributed by atoms with Crippen molar-refractivity contribution in [2.24, 2.45) is 23.5 Å². The van der Waals surface area contributed by atoms with E-state index in [1.807, 2.05) is 13.0 Å². The minimum Gasteiger partial charge on any atom is -0.462 e. The van der Waals surface area contributed by atoms with Crippen LogP contribution in [0.1, 0.15) is 79.1 Å². The molecular weight excluding hydrogens is 917 g/mol. The molecule has 0 radical (unpaired) electrons. The summed E-state index contributed by atoms with van der Waals surface area (Å²) in [7, 11) is 0. The molecule has 20 heteroatoms. The standard InChI is InChI=1S/C50H80N2O18/c1-29-17-15-13-11-9-7-5-6-8-10-12-14-16-18-37(69-49-47(64)44(51)46(63)32(4)68-49)24-41-43(48(65)52-33(27-53)28-54)40(60)26-50(66,70-41)25-36(57)22-39(59)38(58)20-19-34(55)21-35(56)23-42(61)67-31(3)30(2)45(29)62/h5-18,29-41,43-47,49,53-60,62-64,66H,19-28,51H2,1-4H3,(H,52,65)/b6-5+,9-7+,10-8+,13-11+,14-12+,17-15+,18-16+/t29-,30-,31-,32+,34+,35+,36-,37-,38+,39+,40-,41-,43+,44-,45+,46+,47+,49-,50+/m0/s1. The lowest BCUT2D eigenvalue weighted by Gasteiger charge is -2.46. The topological polar surface area (TPSA) is 352 Å². The molecule has 0 aromatic carbocycles. The van der Waals surface area contributed by atoms with E-state index in [0.717, 1.165) is 0 Å². The number of carbonyl (C=O) groups is 2. The average molecular weight is 997 g/mol. The molecule has 2 saturated heterocycles. The summed E-state index contributed by atoms with van der Waals surface area (Å²) in [6, 6.07) is -2.29. The molecule has 398 valence electrons. The molecule has 15 N–H and O–H groups in total. The lowest BCUT2D eigenvalue weighted by molar-refractivity contribution is -0.307. The molecule has 2 fully saturated rings. The van der Waals surface area contributed by atoms with Gasteiger partial charge in [0.25, 0.3) is 0 Å². The van der Waals surface area contributed by atoms with E-state index in [4.69, 9.17) is 24.7 Å². The normalized spacial score (nSPS) is 43.1. The van der Waals surface area contributed by atoms with Crippen LogP contribution in [0.15, 0.2) is 85.1 Å². The summed E-state index contributed by atoms with van der Waals surface area (Å²) in [4.78, 5) is 26.4. The summed E-state index contributed by atoms with van der Waals surface area (Å²) in [5.74, 6) is -6.18. The zero-order valence-electron chi connectivity index (χ0n) is 40.5. The predicted octanol–water partition coefficient (Wildman–Crippen LogP) is -0.903. The largest absolute Gasteiger partial charge is 0.462 e. The molecule has 0 aliphatic carbocycles. The van der Waals surface area contributed by atoms with Crippen molar-refractivity contribution < 1.29 is 89.8 Å². The maximum atomic E-state index is 13.7. The van der Waals surface area contributed by atoms with E-state index in [1.165, 1.54) is 13.0 Å². The lowest BCUT2D eigenvalue weighted by atomic mass is 9.82. The van der Waals surface area contributed by atoms with Crippen molar-refractivity contribution in [3.8, 4) is 0 Å². The molecule has 0 unspecified atom stereocenters. The minimum absolute atomic E-state index is 0.121. The Hall–Kier alpha value is -3.52. The maximum Gasteiger partial charge on any atom is 0.308 e. The van der Waals surface area contributed by atoms with E-state index in [1.54, 1.807) is 86.8 Å². The monoisotopic (exact) mass is 997 g/mol. The quantitative estimate of drug-likeness (QED) is 0.143. The van der Waals surface area contributed by atoms with Crippen LogP contribution < -0.4 is 11.1 Å². The van der Waals surface area contributed by atoms with Crippen molar-refractivity contribution in [2.45, 2.75) is 183 Å². The van der Waals surface area contributed by atoms with Crippen LogP contribution in [0.2, 0.25) is 0 Å². The second kappa shape index (κ2) is 30.5. The number of ether oxygens (including phenoxy) is 4. The first kappa shape index (κ1) is 60.8. The van der Waals surface area contributed by atoms with E-state index in [0.29, 0.717) is 0 Å². The number of cyclic esters (lactones) is 1. The average Bonchev–Trinajstić information content (AvgIpc) is 3.29. The van der Waals surface area contributed by atoms with Crippen LogP contribution in [0.25, 0.3) is 0 Å². The minimum atomic E-state index is -2.35. The van der Waals surface area contributed by atoms with Crippen LogP contribution >= 0.6 is 0 Å². The summed E-state index contributed by atoms with van der Waals surface area (Å²) in [6.45, 7) is 5.43. The Kier molecular flexibility index (Phi) is 26.5. The highest BCUT2D eigenvalue weighted by molar-refractivity contribution is 5.80. The number of nitrogens with one attached hydrogen (secondary N) is 1. The molecule has 3 aliphatic heterocycles. The molecule has 20 nitrogen and oxygen atoms in total. The molecule has 0 aromatic heterocycles. The number of nitrogens with two attached hydrogens (primary N) is 1. The Bertz CT molecular complexity index is 1770. The zero-order valence-corrected chi connectivity index (χ0v) is 40.5. The molecule has 19 atom stereocenters. The van der Waals surface area contributed by atoms with Crippen molar-refractivity contribution >= 4 is 11.9 Å². The number of rotatable bonds is 6. The number of hydrogen-bond donors (Lipinski definition) is 14. The number of esters is 1. The maximum absolute atomic E-state index is 13.7. The molecule has 3 heterocycles. The van der Waals surface area contributed by atoms with Crippen molar-refractivity contribution in [1.29, 1.82) is 0 Å². The molecular formula is C50H80N2O18. The highest BCUT2D eigenvalue weighted by Crippen LogP contribution is 2.38. The van der Waals surface area contributed by atoms with Crippen molar-refractivity contribution in [1.82, 2.24) is 5.32 Å². The van der Waals surface area contributed by atoms with Crippen LogP contribution in [0.3, 0.4) is 0 Å². The van der Waals surface area contributed by atoms with Gasteiger partial charge in [0.05, 0.1) is 105 Å². The van der Waals surface area contributed by atoms with E-state index < -0.39 is 166 Å². The number of amides is 1. The van der Waals surface area contributed by atoms with Gasteiger partial charge in [0.2, 0.25) is 5.91 Å². The molecule has 3 rings (SSSR count). The van der Waals surface area contributed by atoms with Gasteiger partial charge in [-0.05, 0) is 33.1 Å². The van der Waals surface area contributed by atoms with Crippen LogP contribution in [-0.4, -0.2) is 190 Å². The van der Waals surface area contributed by atoms with Gasteiger partial charge in [-0.2, -0.15) is 0 Å². The van der Waals surface area contributed by atoms with E-state index in [-0.39, 0.29) is 31.6 Å². The van der Waals surface area contributed by atoms with Gasteiger partial charge in [-0.1, -0.05) is 98.9 Å². The molecule has 2 bridgehead atoms. The highest BCUT2D eigenvalue weighted by Gasteiger charge is 2.51. The van der Waals surface area contributed by atoms with Crippen molar-refractivity contribution in [3.05, 3.63) is 85.1 Å². The van der Waals surface area contributed by atoms with Crippen molar-refractivity contribution in [3.63, 3.8) is 0 Å². The van der Waals surface area contributed by atoms with Crippen LogP contribution in [0.5, 0.6) is 0 Å². The lowest BCUT2D eigenvalue weighted by Crippen LogP contribution is -2.62. The Labute approximate surface area is 410 Å². The molecule has 70 heavy (non-hydrogen) atoms. The summed E-state index contributed by atoms with van der Waals surface area (Å²) < 4.78 is 23.5. The molecule has 1 amide bonds. The first-order chi connectivity index (χ1) is 33.1. The van der Waals surface area contributed by atoms with Crippen molar-refractivity contribution in [2.75, 3.05) is 13.2 Å². The number of fused-ring (bicyclic) bond motifs is 2. The summed E-state index contributed by atoms with van der Waals surface area (Å²) in [5, 5.41) is 131. The number of hydrogen-bond acceptors (Lipinski definition) is 19. The SMILES string of the molecule is C[C@@H]1[C@H](O)[C@@H](C)/C=C/C=C/C=C/C=C/C=C/C=C/C=C/[C@H](O[C@@H]2O[C@H](C)[C@@H](O)[C@H](N)[C@H]2O)C[C@@H]2O[C@](O)(C[C@@H](O)C[C@@H](O)[C@H](O)CC[C@@H](O)C[C@@H](O)CC(=O)O[C@H]1C)C[C@H](O)[C@H]2C(=O)NC(CO)CO. The van der Waals surface area contributed by atoms with Gasteiger partial charge in [0.15, 0.2) is 12.1 Å². The van der Waals surface area contributed by atoms with E-state index in [2.05, 4.69) is 5.32 Å². The highest BCUT2D eigenvalue weighted by atomic mass is 16.7. The first-order valence-corrected chi connectivity index (χ1v) is 24.1. The fourth-order valence-electron chi connectivity index (χ4n) is 8.44. The van der Waals surface area contributed by atoms with Gasteiger partial charge in [-0.25, -0.2) is 0 Å². The van der Waals surface area contributed by atoms with Crippen LogP contribution in [-0.2, 0) is 28.5 Å². The van der Waals surface area contributed by atoms with E-state index in [9.17, 15) is 70.9 Å². The third kappa shape index (κ3) is 20.2. The Morgan fingerprint density at radius 2 is 1.27 bits per heavy atom. The summed E-state index contributed by atoms with van der Waals surface area (Å²) >= 11 is 0. The second-order valence-electron chi connectivity index (χ2n) is 18.8. The fraction of sp³-hybridized carbons (Fsp3) is 0.680. The molecule has 0 saturated carbocycles. The predicted molar refractivity (Wildman–Crippen MR) is 255 cm³/mol. The van der Waals surface area contributed by atoms with E-state index >= 15 is 0 Å². The van der Waals surface area contributed by atoms with Gasteiger partial charge in [0, 0.05) is 37.5 Å². The van der Waals surface area contributed by atoms with Gasteiger partial charge in [-0.3, -0.25) is 9.59 Å². The second-order valence-corrected chi connectivity index (χ2v) is 18.8. The number of aliphatic hydroxyl groups excluding tert-OH is 11. The number of aliphatic hydroxyl groups is 12. The van der Waals surface area contributed by atoms with Crippen LogP contribution in [0.4, 0.5) is 0 Å². The first-order valence-electron chi connectivity index (χ1n) is 24.1. The molecule has 3 aliphatic rings. The smallest absolute Gasteiger partial charge is 0.308 e. The van der Waals surface area contributed by atoms with Gasteiger partial charge < -0.3 is 91.3 Å². The van der Waals surface area contributed by atoms with Crippen LogP contribution in [0, 0.1) is 17.8 Å². The Morgan fingerprint density at radius 1 is 0.700 bits per heavy atom. The van der Waals surface area contributed by atoms with Gasteiger partial charge in [-0.15, -0.1) is 0 Å². The third-order valence-electron chi connectivity index (χ3n) is 12.8.